The number of rotatable bonds is 40. The maximum absolute atomic E-state index is 11.6. The number of ether oxygens (including phenoxy) is 12. The molecule has 0 fully saturated rings. The molecule has 0 aromatic carbocycles. The fourth-order valence-electron chi connectivity index (χ4n) is 3.50. The van der Waals surface area contributed by atoms with E-state index in [-0.39, 0.29) is 12.6 Å². The van der Waals surface area contributed by atoms with Crippen molar-refractivity contribution in [2.75, 3.05) is 152 Å². The van der Waals surface area contributed by atoms with Crippen molar-refractivity contribution in [3.8, 4) is 0 Å². The molecule has 0 saturated heterocycles. The van der Waals surface area contributed by atoms with Gasteiger partial charge in [-0.15, -0.1) is 0 Å². The van der Waals surface area contributed by atoms with Crippen molar-refractivity contribution >= 4 is 5.97 Å². The molecule has 0 aromatic rings. The highest BCUT2D eigenvalue weighted by Crippen LogP contribution is 2.05. The van der Waals surface area contributed by atoms with Crippen LogP contribution in [-0.2, 0) is 61.6 Å². The molecule has 0 N–H and O–H groups in total. The van der Waals surface area contributed by atoms with Gasteiger partial charge in [0.15, 0.2) is 0 Å². The highest BCUT2D eigenvalue weighted by molar-refractivity contribution is 5.69. The molecule has 0 spiro atoms. The molecule has 0 saturated carbocycles. The minimum atomic E-state index is -0.147. The molecule has 0 amide bonds. The lowest BCUT2D eigenvalue weighted by atomic mass is 10.1. The zero-order valence-corrected chi connectivity index (χ0v) is 28.3. The molecular weight excluding hydrogens is 592 g/mol. The number of hydrogen-bond donors (Lipinski definition) is 0. The van der Waals surface area contributed by atoms with Gasteiger partial charge in [-0.1, -0.05) is 32.6 Å². The Labute approximate surface area is 272 Å². The molecule has 0 aliphatic heterocycles. The number of unbranched alkanes of at least 4 members (excludes halogenated alkanes) is 4. The van der Waals surface area contributed by atoms with Crippen LogP contribution in [0.15, 0.2) is 0 Å². The summed E-state index contributed by atoms with van der Waals surface area (Å²) in [7, 11) is 0. The first kappa shape index (κ1) is 44.0. The first-order chi connectivity index (χ1) is 22.3. The van der Waals surface area contributed by atoms with Crippen LogP contribution in [0, 0.1) is 0 Å². The highest BCUT2D eigenvalue weighted by Gasteiger charge is 2.02. The Morgan fingerprint density at radius 2 is 0.600 bits per heavy atom. The standard InChI is InChI=1S/C32H64O13/c1-3-5-6-7-8-9-32(33)45-31-30-44-29-28-43-27-26-42-25-24-41-23-22-40-21-20-39-19-18-38-17-16-37-15-14-36-13-12-35-11-10-34-4-2/h3-31H2,1-2H3. The minimum Gasteiger partial charge on any atom is -0.463 e. The second-order valence-electron chi connectivity index (χ2n) is 9.71. The number of carbonyl (C=O) groups excluding carboxylic acids is 1. The maximum Gasteiger partial charge on any atom is 0.305 e. The lowest BCUT2D eigenvalue weighted by Crippen LogP contribution is -2.15. The number of carbonyl (C=O) groups is 1. The SMILES string of the molecule is CCCCCCCC(=O)OCCOCCOCCOCCOCCOCCOCCOCCOCCOCCOCCOCC. The Morgan fingerprint density at radius 1 is 0.333 bits per heavy atom. The van der Waals surface area contributed by atoms with E-state index in [4.69, 9.17) is 56.8 Å². The van der Waals surface area contributed by atoms with E-state index in [9.17, 15) is 4.79 Å². The van der Waals surface area contributed by atoms with Crippen LogP contribution in [0.25, 0.3) is 0 Å². The molecule has 0 heterocycles. The highest BCUT2D eigenvalue weighted by atomic mass is 16.6. The fourth-order valence-corrected chi connectivity index (χ4v) is 3.50. The van der Waals surface area contributed by atoms with Crippen molar-refractivity contribution in [1.82, 2.24) is 0 Å². The number of hydrogen-bond acceptors (Lipinski definition) is 13. The summed E-state index contributed by atoms with van der Waals surface area (Å²) in [6, 6.07) is 0. The molecule has 0 aliphatic carbocycles. The molecular formula is C32H64O13. The van der Waals surface area contributed by atoms with Gasteiger partial charge in [0.25, 0.3) is 0 Å². The lowest BCUT2D eigenvalue weighted by molar-refractivity contribution is -0.145. The topological polar surface area (TPSA) is 128 Å². The zero-order chi connectivity index (χ0) is 32.6. The first-order valence-electron chi connectivity index (χ1n) is 16.8. The van der Waals surface area contributed by atoms with Crippen LogP contribution in [-0.4, -0.2) is 158 Å². The smallest absolute Gasteiger partial charge is 0.305 e. The largest absolute Gasteiger partial charge is 0.463 e. The van der Waals surface area contributed by atoms with Gasteiger partial charge in [-0.3, -0.25) is 4.79 Å². The molecule has 0 atom stereocenters. The predicted octanol–water partition coefficient (Wildman–Crippen LogP) is 3.09. The van der Waals surface area contributed by atoms with Gasteiger partial charge in [-0.25, -0.2) is 0 Å². The van der Waals surface area contributed by atoms with Crippen LogP contribution in [0.3, 0.4) is 0 Å². The van der Waals surface area contributed by atoms with Crippen LogP contribution in [0.4, 0.5) is 0 Å². The summed E-state index contributed by atoms with van der Waals surface area (Å²) in [6.07, 6.45) is 6.08. The molecule has 0 rings (SSSR count). The van der Waals surface area contributed by atoms with Gasteiger partial charge in [0.05, 0.1) is 139 Å². The Morgan fingerprint density at radius 3 is 0.889 bits per heavy atom. The Bertz CT molecular complexity index is 557. The van der Waals surface area contributed by atoms with Gasteiger partial charge in [0.1, 0.15) is 6.61 Å². The Kier molecular flexibility index (Phi) is 40.2. The van der Waals surface area contributed by atoms with Gasteiger partial charge in [0, 0.05) is 13.0 Å². The summed E-state index contributed by atoms with van der Waals surface area (Å²) in [4.78, 5) is 11.6. The zero-order valence-electron chi connectivity index (χ0n) is 28.3. The van der Waals surface area contributed by atoms with E-state index in [1.165, 1.54) is 19.3 Å². The summed E-state index contributed by atoms with van der Waals surface area (Å²) < 4.78 is 64.8. The van der Waals surface area contributed by atoms with Gasteiger partial charge < -0.3 is 56.8 Å². The van der Waals surface area contributed by atoms with Crippen molar-refractivity contribution in [2.24, 2.45) is 0 Å². The van der Waals surface area contributed by atoms with Crippen LogP contribution in [0.2, 0.25) is 0 Å². The van der Waals surface area contributed by atoms with Crippen molar-refractivity contribution in [3.05, 3.63) is 0 Å². The van der Waals surface area contributed by atoms with E-state index >= 15 is 0 Å². The third-order valence-corrected chi connectivity index (χ3v) is 5.90. The summed E-state index contributed by atoms with van der Waals surface area (Å²) >= 11 is 0. The quantitative estimate of drug-likeness (QED) is 0.0709. The predicted molar refractivity (Wildman–Crippen MR) is 169 cm³/mol. The summed E-state index contributed by atoms with van der Waals surface area (Å²) in [5, 5.41) is 0. The van der Waals surface area contributed by atoms with Crippen molar-refractivity contribution < 1.29 is 61.6 Å². The average Bonchev–Trinajstić information content (AvgIpc) is 3.04. The normalized spacial score (nSPS) is 11.4. The van der Waals surface area contributed by atoms with Crippen molar-refractivity contribution in [3.63, 3.8) is 0 Å². The van der Waals surface area contributed by atoms with Gasteiger partial charge >= 0.3 is 5.97 Å². The summed E-state index contributed by atoms with van der Waals surface area (Å²) in [5.74, 6) is -0.147. The molecule has 13 nitrogen and oxygen atoms in total. The van der Waals surface area contributed by atoms with Crippen LogP contribution >= 0.6 is 0 Å². The second kappa shape index (κ2) is 41.1. The monoisotopic (exact) mass is 656 g/mol. The third kappa shape index (κ3) is 41.0. The Balaban J connectivity index is 3.08. The molecule has 0 aliphatic rings. The molecule has 45 heavy (non-hydrogen) atoms. The molecule has 0 radical (unpaired) electrons. The van der Waals surface area contributed by atoms with Crippen LogP contribution in [0.5, 0.6) is 0 Å². The van der Waals surface area contributed by atoms with E-state index in [1.807, 2.05) is 6.92 Å². The lowest BCUT2D eigenvalue weighted by Gasteiger charge is -2.09. The summed E-state index contributed by atoms with van der Waals surface area (Å²) in [5.41, 5.74) is 0. The molecule has 13 heteroatoms. The minimum absolute atomic E-state index is 0.147. The first-order valence-corrected chi connectivity index (χ1v) is 16.8. The average molecular weight is 657 g/mol. The van der Waals surface area contributed by atoms with E-state index in [0.29, 0.717) is 152 Å². The van der Waals surface area contributed by atoms with Gasteiger partial charge in [-0.2, -0.15) is 0 Å². The van der Waals surface area contributed by atoms with Crippen LogP contribution < -0.4 is 0 Å². The fraction of sp³-hybridized carbons (Fsp3) is 0.969. The Hall–Kier alpha value is -0.970. The van der Waals surface area contributed by atoms with Crippen molar-refractivity contribution in [2.45, 2.75) is 52.4 Å². The number of esters is 1. The molecule has 0 bridgehead atoms. The molecule has 0 unspecified atom stereocenters. The second-order valence-corrected chi connectivity index (χ2v) is 9.71. The van der Waals surface area contributed by atoms with E-state index < -0.39 is 0 Å². The van der Waals surface area contributed by atoms with Gasteiger partial charge in [0.2, 0.25) is 0 Å². The van der Waals surface area contributed by atoms with E-state index in [0.717, 1.165) is 12.8 Å². The maximum atomic E-state index is 11.6. The van der Waals surface area contributed by atoms with Crippen LogP contribution in [0.1, 0.15) is 52.4 Å². The van der Waals surface area contributed by atoms with Gasteiger partial charge in [-0.05, 0) is 13.3 Å². The molecule has 0 aromatic heterocycles. The molecule has 270 valence electrons. The summed E-state index contributed by atoms with van der Waals surface area (Å²) in [6.45, 7) is 15.9. The van der Waals surface area contributed by atoms with E-state index in [1.54, 1.807) is 0 Å². The third-order valence-electron chi connectivity index (χ3n) is 5.90. The van der Waals surface area contributed by atoms with E-state index in [2.05, 4.69) is 6.92 Å². The van der Waals surface area contributed by atoms with Crippen molar-refractivity contribution in [1.29, 1.82) is 0 Å².